The molecule has 0 spiro atoms. The highest BCUT2D eigenvalue weighted by molar-refractivity contribution is 4.74. The van der Waals surface area contributed by atoms with Crippen LogP contribution in [0.25, 0.3) is 0 Å². The van der Waals surface area contributed by atoms with Gasteiger partial charge in [0.1, 0.15) is 0 Å². The van der Waals surface area contributed by atoms with E-state index in [1.807, 2.05) is 0 Å². The third-order valence-electron chi connectivity index (χ3n) is 3.58. The van der Waals surface area contributed by atoms with E-state index in [-0.39, 0.29) is 0 Å². The average molecular weight is 214 g/mol. The monoisotopic (exact) mass is 214 g/mol. The second-order valence-corrected chi connectivity index (χ2v) is 4.63. The van der Waals surface area contributed by atoms with Crippen molar-refractivity contribution < 1.29 is 4.74 Å². The molecule has 90 valence electrons. The Morgan fingerprint density at radius 3 is 2.87 bits per heavy atom. The number of nitrogens with one attached hydrogen (secondary N) is 1. The molecule has 3 atom stereocenters. The Bertz CT molecular complexity index is 160. The Morgan fingerprint density at radius 1 is 1.53 bits per heavy atom. The predicted molar refractivity (Wildman–Crippen MR) is 63.8 cm³/mol. The molecule has 3 nitrogen and oxygen atoms in total. The highest BCUT2D eigenvalue weighted by atomic mass is 16.5. The average Bonchev–Trinajstić information content (AvgIpc) is 2.65. The first kappa shape index (κ1) is 12.9. The molecule has 0 bridgehead atoms. The highest BCUT2D eigenvalue weighted by Crippen LogP contribution is 2.19. The fourth-order valence-corrected chi connectivity index (χ4v) is 2.13. The van der Waals surface area contributed by atoms with Crippen LogP contribution < -0.4 is 11.1 Å². The standard InChI is InChI=1S/C12H26N2O/c1-3-11(8-13)4-6-14-9-12-5-7-15-10(12)2/h10-12,14H,3-9,13H2,1-2H3. The van der Waals surface area contributed by atoms with Crippen LogP contribution in [0.4, 0.5) is 0 Å². The van der Waals surface area contributed by atoms with Crippen LogP contribution >= 0.6 is 0 Å². The fourth-order valence-electron chi connectivity index (χ4n) is 2.13. The Balaban J connectivity index is 2.01. The Morgan fingerprint density at radius 2 is 2.33 bits per heavy atom. The van der Waals surface area contributed by atoms with Crippen LogP contribution in [0.15, 0.2) is 0 Å². The molecule has 15 heavy (non-hydrogen) atoms. The summed E-state index contributed by atoms with van der Waals surface area (Å²) in [5, 5.41) is 3.52. The maximum atomic E-state index is 5.66. The molecule has 1 aliphatic heterocycles. The zero-order valence-corrected chi connectivity index (χ0v) is 10.2. The van der Waals surface area contributed by atoms with Gasteiger partial charge in [0.05, 0.1) is 6.10 Å². The minimum atomic E-state index is 0.439. The summed E-state index contributed by atoms with van der Waals surface area (Å²) in [6, 6.07) is 0. The quantitative estimate of drug-likeness (QED) is 0.629. The number of rotatable bonds is 7. The molecule has 0 amide bonds. The highest BCUT2D eigenvalue weighted by Gasteiger charge is 2.23. The Kier molecular flexibility index (Phi) is 6.22. The van der Waals surface area contributed by atoms with Crippen molar-refractivity contribution in [2.45, 2.75) is 39.2 Å². The minimum Gasteiger partial charge on any atom is -0.378 e. The second kappa shape index (κ2) is 7.20. The largest absolute Gasteiger partial charge is 0.378 e. The second-order valence-electron chi connectivity index (χ2n) is 4.63. The summed E-state index contributed by atoms with van der Waals surface area (Å²) in [4.78, 5) is 0. The van der Waals surface area contributed by atoms with Crippen LogP contribution in [0.3, 0.4) is 0 Å². The molecule has 0 aromatic rings. The number of hydrogen-bond donors (Lipinski definition) is 2. The van der Waals surface area contributed by atoms with E-state index >= 15 is 0 Å². The van der Waals surface area contributed by atoms with Crippen LogP contribution in [-0.2, 0) is 4.74 Å². The van der Waals surface area contributed by atoms with Gasteiger partial charge in [-0.2, -0.15) is 0 Å². The van der Waals surface area contributed by atoms with Crippen molar-refractivity contribution in [3.8, 4) is 0 Å². The predicted octanol–water partition coefficient (Wildman–Crippen LogP) is 1.38. The third-order valence-corrected chi connectivity index (χ3v) is 3.58. The van der Waals surface area contributed by atoms with Gasteiger partial charge in [-0.1, -0.05) is 13.3 Å². The molecule has 1 rings (SSSR count). The van der Waals surface area contributed by atoms with Crippen molar-refractivity contribution >= 4 is 0 Å². The van der Waals surface area contributed by atoms with Crippen LogP contribution in [0, 0.1) is 11.8 Å². The molecule has 1 aliphatic rings. The van der Waals surface area contributed by atoms with Crippen molar-refractivity contribution in [2.24, 2.45) is 17.6 Å². The maximum Gasteiger partial charge on any atom is 0.0588 e. The Labute approximate surface area is 93.8 Å². The van der Waals surface area contributed by atoms with E-state index in [0.717, 1.165) is 26.2 Å². The van der Waals surface area contributed by atoms with Crippen molar-refractivity contribution in [3.63, 3.8) is 0 Å². The van der Waals surface area contributed by atoms with Gasteiger partial charge in [0.25, 0.3) is 0 Å². The lowest BCUT2D eigenvalue weighted by Crippen LogP contribution is -2.29. The molecule has 0 aliphatic carbocycles. The molecule has 3 unspecified atom stereocenters. The molecule has 3 heteroatoms. The van der Waals surface area contributed by atoms with E-state index in [1.54, 1.807) is 0 Å². The molecule has 0 radical (unpaired) electrons. The van der Waals surface area contributed by atoms with Crippen molar-refractivity contribution in [3.05, 3.63) is 0 Å². The molecular weight excluding hydrogens is 188 g/mol. The summed E-state index contributed by atoms with van der Waals surface area (Å²) >= 11 is 0. The van der Waals surface area contributed by atoms with E-state index in [9.17, 15) is 0 Å². The molecule has 1 saturated heterocycles. The number of nitrogens with two attached hydrogens (primary N) is 1. The van der Waals surface area contributed by atoms with E-state index in [4.69, 9.17) is 10.5 Å². The zero-order chi connectivity index (χ0) is 11.1. The molecule has 3 N–H and O–H groups in total. The third kappa shape index (κ3) is 4.49. The lowest BCUT2D eigenvalue weighted by atomic mass is 10.0. The maximum absolute atomic E-state index is 5.66. The first-order chi connectivity index (χ1) is 7.27. The van der Waals surface area contributed by atoms with Crippen LogP contribution in [0.2, 0.25) is 0 Å². The van der Waals surface area contributed by atoms with Crippen molar-refractivity contribution in [1.29, 1.82) is 0 Å². The van der Waals surface area contributed by atoms with Gasteiger partial charge >= 0.3 is 0 Å². The van der Waals surface area contributed by atoms with Crippen LogP contribution in [0.1, 0.15) is 33.1 Å². The summed E-state index contributed by atoms with van der Waals surface area (Å²) in [6.07, 6.45) is 4.05. The summed E-state index contributed by atoms with van der Waals surface area (Å²) in [6.45, 7) is 8.34. The molecule has 0 aromatic heterocycles. The molecule has 1 fully saturated rings. The van der Waals surface area contributed by atoms with Crippen LogP contribution in [-0.4, -0.2) is 32.3 Å². The number of hydrogen-bond acceptors (Lipinski definition) is 3. The van der Waals surface area contributed by atoms with Gasteiger partial charge in [0.15, 0.2) is 0 Å². The van der Waals surface area contributed by atoms with Gasteiger partial charge < -0.3 is 15.8 Å². The van der Waals surface area contributed by atoms with E-state index in [1.165, 1.54) is 19.3 Å². The SMILES string of the molecule is CCC(CN)CCNCC1CCOC1C. The topological polar surface area (TPSA) is 47.3 Å². The summed E-state index contributed by atoms with van der Waals surface area (Å²) < 4.78 is 5.53. The van der Waals surface area contributed by atoms with Gasteiger partial charge in [0.2, 0.25) is 0 Å². The first-order valence-corrected chi connectivity index (χ1v) is 6.30. The van der Waals surface area contributed by atoms with Crippen molar-refractivity contribution in [2.75, 3.05) is 26.2 Å². The van der Waals surface area contributed by atoms with Gasteiger partial charge in [-0.25, -0.2) is 0 Å². The lowest BCUT2D eigenvalue weighted by Gasteiger charge is -2.16. The van der Waals surface area contributed by atoms with Gasteiger partial charge in [-0.3, -0.25) is 0 Å². The molecular formula is C12H26N2O. The zero-order valence-electron chi connectivity index (χ0n) is 10.2. The molecule has 0 aromatic carbocycles. The summed E-state index contributed by atoms with van der Waals surface area (Å²) in [5.74, 6) is 1.40. The van der Waals surface area contributed by atoms with Gasteiger partial charge in [-0.15, -0.1) is 0 Å². The first-order valence-electron chi connectivity index (χ1n) is 6.30. The van der Waals surface area contributed by atoms with Gasteiger partial charge in [0, 0.05) is 13.2 Å². The minimum absolute atomic E-state index is 0.439. The van der Waals surface area contributed by atoms with E-state index < -0.39 is 0 Å². The van der Waals surface area contributed by atoms with Crippen molar-refractivity contribution in [1.82, 2.24) is 5.32 Å². The number of ether oxygens (including phenoxy) is 1. The summed E-state index contributed by atoms with van der Waals surface area (Å²) in [5.41, 5.74) is 5.66. The molecule has 1 heterocycles. The fraction of sp³-hybridized carbons (Fsp3) is 1.00. The normalized spacial score (nSPS) is 28.2. The summed E-state index contributed by atoms with van der Waals surface area (Å²) in [7, 11) is 0. The smallest absolute Gasteiger partial charge is 0.0588 e. The van der Waals surface area contributed by atoms with E-state index in [0.29, 0.717) is 17.9 Å². The Hall–Kier alpha value is -0.120. The van der Waals surface area contributed by atoms with E-state index in [2.05, 4.69) is 19.2 Å². The van der Waals surface area contributed by atoms with Gasteiger partial charge in [-0.05, 0) is 44.7 Å². The van der Waals surface area contributed by atoms with Crippen LogP contribution in [0.5, 0.6) is 0 Å². The molecule has 0 saturated carbocycles. The lowest BCUT2D eigenvalue weighted by molar-refractivity contribution is 0.105.